The van der Waals surface area contributed by atoms with E-state index in [0.29, 0.717) is 24.9 Å². The minimum absolute atomic E-state index is 0.261. The summed E-state index contributed by atoms with van der Waals surface area (Å²) in [6, 6.07) is 7.53. The van der Waals surface area contributed by atoms with Gasteiger partial charge in [0.1, 0.15) is 18.1 Å². The highest BCUT2D eigenvalue weighted by molar-refractivity contribution is 6.76. The molecule has 1 aromatic heterocycles. The molecule has 0 saturated heterocycles. The van der Waals surface area contributed by atoms with E-state index in [-0.39, 0.29) is 6.10 Å². The first-order chi connectivity index (χ1) is 16.0. The normalized spacial score (nSPS) is 16.4. The van der Waals surface area contributed by atoms with Crippen LogP contribution in [0.4, 0.5) is 10.5 Å². The highest BCUT2D eigenvalue weighted by Crippen LogP contribution is 2.45. The Morgan fingerprint density at radius 2 is 1.91 bits per heavy atom. The SMILES string of the molecule is CC(C)(C)OC(=O)Nc1cnn(COCC[Si](C)(C)C)c1-c1cc(C2CC2)ccc1OC1CC1. The molecule has 34 heavy (non-hydrogen) atoms. The van der Waals surface area contributed by atoms with Crippen LogP contribution in [0.3, 0.4) is 0 Å². The summed E-state index contributed by atoms with van der Waals surface area (Å²) in [6.07, 6.45) is 6.01. The van der Waals surface area contributed by atoms with Crippen LogP contribution in [-0.2, 0) is 16.2 Å². The monoisotopic (exact) mass is 485 g/mol. The van der Waals surface area contributed by atoms with Crippen molar-refractivity contribution in [2.45, 2.75) is 96.5 Å². The van der Waals surface area contributed by atoms with Crippen LogP contribution in [0.15, 0.2) is 24.4 Å². The van der Waals surface area contributed by atoms with Gasteiger partial charge in [-0.1, -0.05) is 25.7 Å². The number of amides is 1. The Balaban J connectivity index is 1.65. The van der Waals surface area contributed by atoms with Crippen LogP contribution in [0, 0.1) is 0 Å². The van der Waals surface area contributed by atoms with Crippen molar-refractivity contribution in [1.29, 1.82) is 0 Å². The van der Waals surface area contributed by atoms with Crippen molar-refractivity contribution >= 4 is 19.9 Å². The van der Waals surface area contributed by atoms with E-state index in [1.54, 1.807) is 6.20 Å². The fourth-order valence-electron chi connectivity index (χ4n) is 3.67. The third-order valence-electron chi connectivity index (χ3n) is 5.81. The van der Waals surface area contributed by atoms with Crippen molar-refractivity contribution in [3.8, 4) is 17.0 Å². The Morgan fingerprint density at radius 3 is 2.53 bits per heavy atom. The molecular weight excluding hydrogens is 446 g/mol. The smallest absolute Gasteiger partial charge is 0.412 e. The molecule has 2 saturated carbocycles. The Kier molecular flexibility index (Phi) is 7.10. The molecule has 0 atom stereocenters. The number of nitrogens with zero attached hydrogens (tertiary/aromatic N) is 2. The van der Waals surface area contributed by atoms with Crippen molar-refractivity contribution < 1.29 is 19.0 Å². The van der Waals surface area contributed by atoms with Crippen molar-refractivity contribution in [3.05, 3.63) is 30.0 Å². The van der Waals surface area contributed by atoms with Gasteiger partial charge in [0.25, 0.3) is 0 Å². The highest BCUT2D eigenvalue weighted by atomic mass is 28.3. The zero-order chi connectivity index (χ0) is 24.5. The van der Waals surface area contributed by atoms with E-state index in [2.05, 4.69) is 48.3 Å². The summed E-state index contributed by atoms with van der Waals surface area (Å²) in [7, 11) is -1.19. The van der Waals surface area contributed by atoms with Gasteiger partial charge in [0.15, 0.2) is 0 Å². The first-order valence-electron chi connectivity index (χ1n) is 12.4. The number of nitrogens with one attached hydrogen (secondary N) is 1. The fraction of sp³-hybridized carbons (Fsp3) is 0.615. The average Bonchev–Trinajstić information content (AvgIpc) is 3.63. The summed E-state index contributed by atoms with van der Waals surface area (Å²) in [5, 5.41) is 7.49. The molecule has 2 aliphatic rings. The number of hydrogen-bond acceptors (Lipinski definition) is 5. The second kappa shape index (κ2) is 9.74. The predicted molar refractivity (Wildman–Crippen MR) is 137 cm³/mol. The van der Waals surface area contributed by atoms with E-state index >= 15 is 0 Å². The van der Waals surface area contributed by atoms with Crippen molar-refractivity contribution in [3.63, 3.8) is 0 Å². The number of aromatic nitrogens is 2. The Morgan fingerprint density at radius 1 is 1.18 bits per heavy atom. The van der Waals surface area contributed by atoms with E-state index in [0.717, 1.165) is 35.9 Å². The highest BCUT2D eigenvalue weighted by Gasteiger charge is 2.30. The number of rotatable bonds is 10. The van der Waals surface area contributed by atoms with Crippen LogP contribution in [0.2, 0.25) is 25.7 Å². The van der Waals surface area contributed by atoms with Crippen molar-refractivity contribution in [1.82, 2.24) is 9.78 Å². The molecule has 2 fully saturated rings. The molecule has 7 nitrogen and oxygen atoms in total. The zero-order valence-corrected chi connectivity index (χ0v) is 22.4. The Hall–Kier alpha value is -2.32. The summed E-state index contributed by atoms with van der Waals surface area (Å²) in [4.78, 5) is 12.6. The number of anilines is 1. The number of hydrogen-bond donors (Lipinski definition) is 1. The van der Waals surface area contributed by atoms with Crippen LogP contribution in [-0.4, -0.2) is 42.3 Å². The van der Waals surface area contributed by atoms with E-state index in [1.165, 1.54) is 18.4 Å². The first-order valence-corrected chi connectivity index (χ1v) is 16.1. The van der Waals surface area contributed by atoms with E-state index in [1.807, 2.05) is 25.5 Å². The third kappa shape index (κ3) is 7.09. The van der Waals surface area contributed by atoms with Gasteiger partial charge in [0, 0.05) is 20.2 Å². The van der Waals surface area contributed by atoms with Crippen molar-refractivity contribution in [2.24, 2.45) is 0 Å². The quantitative estimate of drug-likeness (QED) is 0.302. The van der Waals surface area contributed by atoms with Gasteiger partial charge in [0.05, 0.1) is 23.7 Å². The second-order valence-electron chi connectivity index (χ2n) is 11.7. The molecule has 0 aliphatic heterocycles. The minimum Gasteiger partial charge on any atom is -0.490 e. The summed E-state index contributed by atoms with van der Waals surface area (Å²) in [5.74, 6) is 1.42. The minimum atomic E-state index is -1.19. The summed E-state index contributed by atoms with van der Waals surface area (Å²) in [5.41, 5.74) is 3.03. The lowest BCUT2D eigenvalue weighted by molar-refractivity contribution is 0.0635. The van der Waals surface area contributed by atoms with Crippen LogP contribution >= 0.6 is 0 Å². The second-order valence-corrected chi connectivity index (χ2v) is 17.3. The van der Waals surface area contributed by atoms with Gasteiger partial charge >= 0.3 is 6.09 Å². The van der Waals surface area contributed by atoms with E-state index < -0.39 is 19.8 Å². The van der Waals surface area contributed by atoms with Gasteiger partial charge < -0.3 is 14.2 Å². The topological polar surface area (TPSA) is 74.6 Å². The van der Waals surface area contributed by atoms with Gasteiger partial charge in [-0.25, -0.2) is 9.48 Å². The average molecular weight is 486 g/mol. The van der Waals surface area contributed by atoms with Gasteiger partial charge in [-0.3, -0.25) is 5.32 Å². The molecule has 8 heteroatoms. The lowest BCUT2D eigenvalue weighted by Crippen LogP contribution is -2.27. The molecule has 0 unspecified atom stereocenters. The molecule has 186 valence electrons. The summed E-state index contributed by atoms with van der Waals surface area (Å²) < 4.78 is 19.6. The summed E-state index contributed by atoms with van der Waals surface area (Å²) in [6.45, 7) is 13.6. The molecule has 0 radical (unpaired) electrons. The van der Waals surface area contributed by atoms with Gasteiger partial charge in [-0.15, -0.1) is 0 Å². The molecule has 4 rings (SSSR count). The Bertz CT molecular complexity index is 1010. The van der Waals surface area contributed by atoms with Gasteiger partial charge in [-0.05, 0) is 76.1 Å². The zero-order valence-electron chi connectivity index (χ0n) is 21.4. The molecule has 1 N–H and O–H groups in total. The maximum absolute atomic E-state index is 12.6. The van der Waals surface area contributed by atoms with Gasteiger partial charge in [0.2, 0.25) is 0 Å². The molecule has 1 aromatic carbocycles. The number of carbonyl (C=O) groups is 1. The molecule has 2 aliphatic carbocycles. The van der Waals surface area contributed by atoms with E-state index in [4.69, 9.17) is 14.2 Å². The van der Waals surface area contributed by atoms with Crippen LogP contribution < -0.4 is 10.1 Å². The number of ether oxygens (including phenoxy) is 3. The predicted octanol–water partition coefficient (Wildman–Crippen LogP) is 6.63. The lowest BCUT2D eigenvalue weighted by atomic mass is 10.0. The molecule has 0 bridgehead atoms. The maximum Gasteiger partial charge on any atom is 0.412 e. The van der Waals surface area contributed by atoms with E-state index in [9.17, 15) is 4.79 Å². The fourth-order valence-corrected chi connectivity index (χ4v) is 4.43. The number of benzene rings is 1. The van der Waals surface area contributed by atoms with Crippen molar-refractivity contribution in [2.75, 3.05) is 11.9 Å². The molecular formula is C26H39N3O4Si. The molecule has 0 spiro atoms. The summed E-state index contributed by atoms with van der Waals surface area (Å²) >= 11 is 0. The maximum atomic E-state index is 12.6. The standard InChI is InChI=1S/C26H39N3O4Si/c1-26(2,3)33-25(30)28-22-16-27-29(17-31-13-14-34(4,5)6)24(22)21-15-19(18-7-8-18)9-12-23(21)32-20-10-11-20/h9,12,15-16,18,20H,7-8,10-11,13-14,17H2,1-6H3,(H,28,30). The molecule has 1 amide bonds. The van der Waals surface area contributed by atoms with Gasteiger partial charge in [-0.2, -0.15) is 5.10 Å². The third-order valence-corrected chi connectivity index (χ3v) is 7.51. The molecule has 2 aromatic rings. The van der Waals surface area contributed by atoms with Crippen LogP contribution in [0.1, 0.15) is 57.9 Å². The molecule has 1 heterocycles. The van der Waals surface area contributed by atoms with Crippen LogP contribution in [0.25, 0.3) is 11.3 Å². The first kappa shape index (κ1) is 24.8. The van der Waals surface area contributed by atoms with Crippen LogP contribution in [0.5, 0.6) is 5.75 Å². The lowest BCUT2D eigenvalue weighted by Gasteiger charge is -2.20. The largest absolute Gasteiger partial charge is 0.490 e. The number of carbonyl (C=O) groups excluding carboxylic acids is 1. The Labute approximate surface area is 204 Å².